The lowest BCUT2D eigenvalue weighted by Crippen LogP contribution is -2.34. The van der Waals surface area contributed by atoms with Crippen LogP contribution in [0, 0.1) is 0 Å². The van der Waals surface area contributed by atoms with Gasteiger partial charge in [-0.1, -0.05) is 24.6 Å². The monoisotopic (exact) mass is 264 g/mol. The lowest BCUT2D eigenvalue weighted by Gasteiger charge is -2.27. The van der Waals surface area contributed by atoms with Crippen molar-refractivity contribution >= 4 is 11.8 Å². The van der Waals surface area contributed by atoms with Crippen molar-refractivity contribution in [3.63, 3.8) is 0 Å². The molecule has 1 N–H and O–H groups in total. The molecule has 2 aliphatic heterocycles. The Bertz CT molecular complexity index is 359. The minimum absolute atomic E-state index is 0.914. The van der Waals surface area contributed by atoms with Crippen molar-refractivity contribution < 1.29 is 9.90 Å². The zero-order valence-corrected chi connectivity index (χ0v) is 11.7. The van der Waals surface area contributed by atoms with E-state index in [4.69, 9.17) is 5.11 Å². The van der Waals surface area contributed by atoms with E-state index >= 15 is 0 Å². The van der Waals surface area contributed by atoms with Crippen LogP contribution >= 0.6 is 0 Å². The zero-order valence-electron chi connectivity index (χ0n) is 11.7. The second-order valence-corrected chi connectivity index (χ2v) is 4.67. The molecule has 4 heteroatoms. The lowest BCUT2D eigenvalue weighted by atomic mass is 10.2. The summed E-state index contributed by atoms with van der Waals surface area (Å²) in [5.74, 6) is 0.483. The van der Waals surface area contributed by atoms with Gasteiger partial charge >= 0.3 is 5.97 Å². The number of allylic oxidation sites excluding steroid dienone is 3. The number of carboxylic acid groups (broad SMARTS) is 1. The number of fused-ring (bicyclic) bond motifs is 1. The quantitative estimate of drug-likeness (QED) is 0.616. The summed E-state index contributed by atoms with van der Waals surface area (Å²) in [6.45, 7) is 5.43. The molecule has 19 heavy (non-hydrogen) atoms. The molecule has 0 aromatic carbocycles. The number of nitrogens with zero attached hydrogens (tertiary/aromatic N) is 2. The van der Waals surface area contributed by atoms with E-state index in [1.807, 2.05) is 6.92 Å². The second-order valence-electron chi connectivity index (χ2n) is 4.67. The first-order valence-corrected chi connectivity index (χ1v) is 7.04. The van der Waals surface area contributed by atoms with Crippen molar-refractivity contribution in [1.82, 2.24) is 4.90 Å². The van der Waals surface area contributed by atoms with Crippen LogP contribution in [0.3, 0.4) is 0 Å². The predicted molar refractivity (Wildman–Crippen MR) is 78.5 cm³/mol. The molecule has 4 nitrogen and oxygen atoms in total. The fraction of sp³-hybridized carbons (Fsp3) is 0.600. The first kappa shape index (κ1) is 15.5. The number of rotatable bonds is 2. The van der Waals surface area contributed by atoms with Gasteiger partial charge in [0.05, 0.1) is 5.84 Å². The molecule has 2 heterocycles. The minimum Gasteiger partial charge on any atom is -0.478 e. The van der Waals surface area contributed by atoms with Crippen molar-refractivity contribution in [2.45, 2.75) is 39.0 Å². The number of aliphatic imine (C=N–C) groups is 1. The van der Waals surface area contributed by atoms with Gasteiger partial charge in [-0.25, -0.2) is 4.79 Å². The fourth-order valence-corrected chi connectivity index (χ4v) is 2.19. The van der Waals surface area contributed by atoms with Crippen molar-refractivity contribution in [3.05, 3.63) is 24.3 Å². The molecule has 1 fully saturated rings. The number of aliphatic carboxylic acids is 1. The minimum atomic E-state index is -0.914. The van der Waals surface area contributed by atoms with E-state index in [2.05, 4.69) is 9.89 Å². The van der Waals surface area contributed by atoms with Gasteiger partial charge in [0.25, 0.3) is 0 Å². The molecular formula is C15H24N2O2. The summed E-state index contributed by atoms with van der Waals surface area (Å²) in [5.41, 5.74) is 0. The molecule has 0 aromatic rings. The maximum absolute atomic E-state index is 9.75. The Morgan fingerprint density at radius 2 is 2.00 bits per heavy atom. The highest BCUT2D eigenvalue weighted by Gasteiger charge is 2.16. The number of hydrogen-bond donors (Lipinski definition) is 1. The molecule has 0 saturated carbocycles. The highest BCUT2D eigenvalue weighted by molar-refractivity contribution is 5.83. The van der Waals surface area contributed by atoms with Gasteiger partial charge in [-0.3, -0.25) is 4.99 Å². The van der Waals surface area contributed by atoms with E-state index in [0.717, 1.165) is 12.6 Å². The first-order chi connectivity index (χ1) is 9.24. The van der Waals surface area contributed by atoms with E-state index in [9.17, 15) is 4.79 Å². The largest absolute Gasteiger partial charge is 0.478 e. The third-order valence-electron chi connectivity index (χ3n) is 3.12. The maximum Gasteiger partial charge on any atom is 0.328 e. The molecular weight excluding hydrogens is 240 g/mol. The smallest absolute Gasteiger partial charge is 0.328 e. The Balaban J connectivity index is 0.000000203. The first-order valence-electron chi connectivity index (χ1n) is 7.04. The molecule has 2 aliphatic rings. The fourth-order valence-electron chi connectivity index (χ4n) is 2.19. The SMILES string of the molecule is C/C=C/C=C/C(=O)O.C1CCC2=NCCCN2CC1. The number of hydrogen-bond acceptors (Lipinski definition) is 3. The summed E-state index contributed by atoms with van der Waals surface area (Å²) < 4.78 is 0. The molecule has 106 valence electrons. The van der Waals surface area contributed by atoms with E-state index in [1.165, 1.54) is 57.1 Å². The second kappa shape index (κ2) is 9.36. The highest BCUT2D eigenvalue weighted by atomic mass is 16.4. The maximum atomic E-state index is 9.75. The predicted octanol–water partition coefficient (Wildman–Crippen LogP) is 2.87. The molecule has 0 spiro atoms. The molecule has 0 bridgehead atoms. The molecule has 0 amide bonds. The van der Waals surface area contributed by atoms with Gasteiger partial charge < -0.3 is 10.0 Å². The summed E-state index contributed by atoms with van der Waals surface area (Å²) >= 11 is 0. The van der Waals surface area contributed by atoms with Gasteiger partial charge in [0.15, 0.2) is 0 Å². The van der Waals surface area contributed by atoms with Crippen LogP contribution in [0.25, 0.3) is 0 Å². The summed E-state index contributed by atoms with van der Waals surface area (Å²) in [4.78, 5) is 16.8. The molecule has 0 atom stereocenters. The molecule has 1 saturated heterocycles. The van der Waals surface area contributed by atoms with Crippen LogP contribution < -0.4 is 0 Å². The lowest BCUT2D eigenvalue weighted by molar-refractivity contribution is -0.131. The van der Waals surface area contributed by atoms with E-state index in [-0.39, 0.29) is 0 Å². The summed E-state index contributed by atoms with van der Waals surface area (Å²) in [7, 11) is 0. The number of amidine groups is 1. The molecule has 0 aromatic heterocycles. The van der Waals surface area contributed by atoms with Gasteiger partial charge in [-0.15, -0.1) is 0 Å². The third-order valence-corrected chi connectivity index (χ3v) is 3.12. The van der Waals surface area contributed by atoms with Crippen molar-refractivity contribution in [2.75, 3.05) is 19.6 Å². The van der Waals surface area contributed by atoms with Crippen molar-refractivity contribution in [3.8, 4) is 0 Å². The van der Waals surface area contributed by atoms with Crippen LogP contribution in [0.2, 0.25) is 0 Å². The summed E-state index contributed by atoms with van der Waals surface area (Å²) in [6, 6.07) is 0. The van der Waals surface area contributed by atoms with Gasteiger partial charge in [0.2, 0.25) is 0 Å². The number of carbonyl (C=O) groups is 1. The molecule has 0 aliphatic carbocycles. The van der Waals surface area contributed by atoms with Gasteiger partial charge in [0, 0.05) is 32.1 Å². The highest BCUT2D eigenvalue weighted by Crippen LogP contribution is 2.15. The average Bonchev–Trinajstić information content (AvgIpc) is 2.64. The van der Waals surface area contributed by atoms with E-state index < -0.39 is 5.97 Å². The standard InChI is InChI=1S/C9H16N2.C6H8O2/c1-2-5-9-10-6-4-8-11(9)7-3-1;1-2-3-4-5-6(7)8/h1-8H2;2-5H,1H3,(H,7,8)/b;3-2+,5-4+. The van der Waals surface area contributed by atoms with Crippen molar-refractivity contribution in [2.24, 2.45) is 4.99 Å². The van der Waals surface area contributed by atoms with Gasteiger partial charge in [0.1, 0.15) is 0 Å². The summed E-state index contributed by atoms with van der Waals surface area (Å²) in [5, 5.41) is 8.02. The Kier molecular flexibility index (Phi) is 7.63. The Morgan fingerprint density at radius 1 is 1.21 bits per heavy atom. The normalized spacial score (nSPS) is 19.4. The van der Waals surface area contributed by atoms with Crippen LogP contribution in [-0.4, -0.2) is 41.4 Å². The van der Waals surface area contributed by atoms with E-state index in [1.54, 1.807) is 12.2 Å². The zero-order chi connectivity index (χ0) is 13.9. The van der Waals surface area contributed by atoms with Gasteiger partial charge in [-0.2, -0.15) is 0 Å². The number of carboxylic acids is 1. The Labute approximate surface area is 115 Å². The Hall–Kier alpha value is -1.58. The van der Waals surface area contributed by atoms with Gasteiger partial charge in [-0.05, 0) is 26.2 Å². The van der Waals surface area contributed by atoms with Crippen LogP contribution in [0.5, 0.6) is 0 Å². The molecule has 0 radical (unpaired) electrons. The van der Waals surface area contributed by atoms with E-state index in [0.29, 0.717) is 0 Å². The molecule has 2 rings (SSSR count). The third kappa shape index (κ3) is 6.79. The Morgan fingerprint density at radius 3 is 2.74 bits per heavy atom. The molecule has 0 unspecified atom stereocenters. The van der Waals surface area contributed by atoms with Crippen LogP contribution in [-0.2, 0) is 4.79 Å². The topological polar surface area (TPSA) is 52.9 Å². The average molecular weight is 264 g/mol. The van der Waals surface area contributed by atoms with Crippen LogP contribution in [0.1, 0.15) is 39.0 Å². The van der Waals surface area contributed by atoms with Crippen LogP contribution in [0.15, 0.2) is 29.3 Å². The van der Waals surface area contributed by atoms with Crippen molar-refractivity contribution in [1.29, 1.82) is 0 Å². The summed E-state index contributed by atoms with van der Waals surface area (Å²) in [6.07, 6.45) is 12.6. The van der Waals surface area contributed by atoms with Crippen LogP contribution in [0.4, 0.5) is 0 Å².